The molecule has 0 saturated carbocycles. The molecule has 0 spiro atoms. The van der Waals surface area contributed by atoms with Gasteiger partial charge < -0.3 is 27.1 Å². The maximum atomic E-state index is 6.35. The number of benzene rings is 17. The first-order valence-electron chi connectivity index (χ1n) is 35.6. The second kappa shape index (κ2) is 22.8. The summed E-state index contributed by atoms with van der Waals surface area (Å²) in [6, 6.07) is 132. The summed E-state index contributed by atoms with van der Waals surface area (Å²) in [6.45, 7) is 0. The van der Waals surface area contributed by atoms with Crippen molar-refractivity contribution < 1.29 is 8.83 Å². The van der Waals surface area contributed by atoms with Crippen molar-refractivity contribution in [3.63, 3.8) is 0 Å². The van der Waals surface area contributed by atoms with Gasteiger partial charge in [-0.15, -0.1) is 0 Å². The van der Waals surface area contributed by atoms with Gasteiger partial charge in [-0.2, -0.15) is 0 Å². The number of aromatic nitrogens is 4. The van der Waals surface area contributed by atoms with Crippen LogP contribution in [0.5, 0.6) is 0 Å². The van der Waals surface area contributed by atoms with Crippen molar-refractivity contribution in [1.29, 1.82) is 0 Å². The Hall–Kier alpha value is -13.9. The van der Waals surface area contributed by atoms with E-state index in [9.17, 15) is 0 Å². The molecule has 0 bridgehead atoms. The monoisotopic (exact) mass is 1320 g/mol. The summed E-state index contributed by atoms with van der Waals surface area (Å²) < 4.78 is 22.1. The normalized spacial score (nSPS) is 12.0. The van der Waals surface area contributed by atoms with E-state index in [0.717, 1.165) is 55.3 Å². The molecular weight excluding hydrogens is 1270 g/mol. The molecule has 6 aromatic heterocycles. The van der Waals surface area contributed by atoms with Gasteiger partial charge in [-0.05, 0) is 207 Å². The van der Waals surface area contributed by atoms with Gasteiger partial charge in [0.05, 0.1) is 44.1 Å². The molecule has 6 heteroatoms. The molecule has 23 rings (SSSR count). The molecule has 23 aromatic rings. The minimum Gasteiger partial charge on any atom is -0.456 e. The second-order valence-electron chi connectivity index (χ2n) is 27.5. The van der Waals surface area contributed by atoms with Gasteiger partial charge in [-0.1, -0.05) is 212 Å². The highest BCUT2D eigenvalue weighted by atomic mass is 16.3. The summed E-state index contributed by atoms with van der Waals surface area (Å²) in [5.41, 5.74) is 25.0. The molecule has 0 N–H and O–H groups in total. The van der Waals surface area contributed by atoms with Crippen molar-refractivity contribution in [2.75, 3.05) is 0 Å². The standard InChI is InChI=1S/C52H32N2O.C46H28N2O/c1-2-10-33(11-3-1)36-21-26-51-45(31-36)46-32-40(23-27-52(46)55-51)54-48-17-9-7-15-42(48)44-30-38(20-25-50(44)54)37-19-24-49-43(29-37)41-14-6-8-16-47(41)53(49)39-22-18-34-12-4-5-13-35(34)28-39;1-2-10-30-25-33(20-17-29(30)9-1)47-41-14-6-3-11-35(41)38-26-31(18-22-43(38)47)32-19-23-44-39(27-32)36-12-4-7-15-42(36)48(44)34-21-24-46-40(28-34)37-13-5-8-16-45(37)49-46/h1-32H;1-28H. The van der Waals surface area contributed by atoms with E-state index in [1.165, 1.54) is 154 Å². The lowest BCUT2D eigenvalue weighted by molar-refractivity contribution is 0.668. The number of fused-ring (bicyclic) bond motifs is 20. The minimum atomic E-state index is 0.893. The van der Waals surface area contributed by atoms with Crippen molar-refractivity contribution in [2.45, 2.75) is 0 Å². The van der Waals surface area contributed by atoms with E-state index in [1.54, 1.807) is 0 Å². The molecule has 0 amide bonds. The van der Waals surface area contributed by atoms with Crippen LogP contribution in [0.15, 0.2) is 373 Å². The molecule has 0 unspecified atom stereocenters. The van der Waals surface area contributed by atoms with Crippen LogP contribution in [0.4, 0.5) is 0 Å². The van der Waals surface area contributed by atoms with Gasteiger partial charge in [-0.3, -0.25) is 0 Å². The number of furan rings is 2. The molecule has 0 aliphatic rings. The molecule has 6 nitrogen and oxygen atoms in total. The summed E-state index contributed by atoms with van der Waals surface area (Å²) in [4.78, 5) is 0. The first-order chi connectivity index (χ1) is 51.5. The fourth-order valence-electron chi connectivity index (χ4n) is 16.9. The summed E-state index contributed by atoms with van der Waals surface area (Å²) in [5, 5.41) is 19.5. The van der Waals surface area contributed by atoms with Crippen LogP contribution in [0, 0.1) is 0 Å². The Morgan fingerprint density at radius 2 is 0.413 bits per heavy atom. The predicted molar refractivity (Wildman–Crippen MR) is 436 cm³/mol. The van der Waals surface area contributed by atoms with E-state index < -0.39 is 0 Å². The maximum Gasteiger partial charge on any atom is 0.135 e. The molecular formula is C98H60N4O2. The zero-order valence-electron chi connectivity index (χ0n) is 56.2. The molecule has 6 heterocycles. The minimum absolute atomic E-state index is 0.893. The third-order valence-corrected chi connectivity index (χ3v) is 21.8. The zero-order chi connectivity index (χ0) is 68.1. The summed E-state index contributed by atoms with van der Waals surface area (Å²) in [5.74, 6) is 0. The van der Waals surface area contributed by atoms with Crippen LogP contribution in [-0.4, -0.2) is 18.3 Å². The van der Waals surface area contributed by atoms with Crippen LogP contribution in [0.25, 0.3) is 209 Å². The van der Waals surface area contributed by atoms with Crippen LogP contribution >= 0.6 is 0 Å². The van der Waals surface area contributed by atoms with Crippen LogP contribution in [0.2, 0.25) is 0 Å². The third kappa shape index (κ3) is 9.02. The van der Waals surface area contributed by atoms with E-state index in [1.807, 2.05) is 12.1 Å². The zero-order valence-corrected chi connectivity index (χ0v) is 56.2. The molecule has 0 aliphatic heterocycles. The van der Waals surface area contributed by atoms with Crippen molar-refractivity contribution in [3.05, 3.63) is 364 Å². The van der Waals surface area contributed by atoms with Gasteiger partial charge >= 0.3 is 0 Å². The maximum absolute atomic E-state index is 6.35. The Morgan fingerprint density at radius 3 is 0.837 bits per heavy atom. The molecule has 0 atom stereocenters. The van der Waals surface area contributed by atoms with Gasteiger partial charge in [-0.25, -0.2) is 0 Å². The quantitative estimate of drug-likeness (QED) is 0.160. The average molecular weight is 1330 g/mol. The first-order valence-corrected chi connectivity index (χ1v) is 35.6. The highest BCUT2D eigenvalue weighted by molar-refractivity contribution is 6.17. The van der Waals surface area contributed by atoms with Gasteiger partial charge in [0.15, 0.2) is 0 Å². The van der Waals surface area contributed by atoms with Crippen molar-refractivity contribution in [1.82, 2.24) is 18.3 Å². The first kappa shape index (κ1) is 57.9. The number of hydrogen-bond acceptors (Lipinski definition) is 2. The van der Waals surface area contributed by atoms with E-state index >= 15 is 0 Å². The Bertz CT molecular complexity index is 7500. The van der Waals surface area contributed by atoms with Crippen molar-refractivity contribution in [3.8, 4) is 56.1 Å². The van der Waals surface area contributed by atoms with Crippen molar-refractivity contribution in [2.24, 2.45) is 0 Å². The van der Waals surface area contributed by atoms with Crippen molar-refractivity contribution >= 4 is 153 Å². The lowest BCUT2D eigenvalue weighted by atomic mass is 10.0. The molecule has 484 valence electrons. The van der Waals surface area contributed by atoms with Crippen LogP contribution < -0.4 is 0 Å². The highest BCUT2D eigenvalue weighted by Gasteiger charge is 2.21. The third-order valence-electron chi connectivity index (χ3n) is 21.8. The fourth-order valence-corrected chi connectivity index (χ4v) is 16.9. The predicted octanol–water partition coefficient (Wildman–Crippen LogP) is 26.9. The number of hydrogen-bond donors (Lipinski definition) is 0. The fraction of sp³-hybridized carbons (Fsp3) is 0. The molecule has 104 heavy (non-hydrogen) atoms. The Kier molecular flexibility index (Phi) is 12.7. The second-order valence-corrected chi connectivity index (χ2v) is 27.5. The lowest BCUT2D eigenvalue weighted by Gasteiger charge is -2.10. The average Bonchev–Trinajstić information content (AvgIpc) is 1.59. The smallest absolute Gasteiger partial charge is 0.135 e. The SMILES string of the molecule is c1ccc(-c2ccc3oc4ccc(-n5c6ccccc6c6cc(-c7ccc8c(c7)c7ccccc7n8-c7ccc8ccccc8c7)ccc65)cc4c3c2)cc1.c1ccc2cc(-n3c4ccccc4c4cc(-c5ccc6c(c5)c5ccccc5n6-c5ccc6oc7ccccc7c6c5)ccc43)ccc2c1. The number of para-hydroxylation sites is 5. The van der Waals surface area contributed by atoms with Crippen LogP contribution in [0.1, 0.15) is 0 Å². The Labute approximate surface area is 596 Å². The van der Waals surface area contributed by atoms with E-state index in [4.69, 9.17) is 8.83 Å². The summed E-state index contributed by atoms with van der Waals surface area (Å²) in [7, 11) is 0. The summed E-state index contributed by atoms with van der Waals surface area (Å²) >= 11 is 0. The number of nitrogens with zero attached hydrogens (tertiary/aromatic N) is 4. The highest BCUT2D eigenvalue weighted by Crippen LogP contribution is 2.44. The van der Waals surface area contributed by atoms with Gasteiger partial charge in [0, 0.05) is 87.4 Å². The van der Waals surface area contributed by atoms with Crippen LogP contribution in [-0.2, 0) is 0 Å². The number of rotatable bonds is 7. The Balaban J connectivity index is 0.000000132. The van der Waals surface area contributed by atoms with Crippen LogP contribution in [0.3, 0.4) is 0 Å². The molecule has 0 aliphatic carbocycles. The lowest BCUT2D eigenvalue weighted by Crippen LogP contribution is -1.94. The van der Waals surface area contributed by atoms with E-state index in [-0.39, 0.29) is 0 Å². The van der Waals surface area contributed by atoms with E-state index in [0.29, 0.717) is 0 Å². The van der Waals surface area contributed by atoms with Gasteiger partial charge in [0.25, 0.3) is 0 Å². The molecule has 0 fully saturated rings. The Morgan fingerprint density at radius 1 is 0.144 bits per heavy atom. The van der Waals surface area contributed by atoms with E-state index in [2.05, 4.69) is 370 Å². The molecule has 0 radical (unpaired) electrons. The van der Waals surface area contributed by atoms with Gasteiger partial charge in [0.2, 0.25) is 0 Å². The molecule has 0 saturated heterocycles. The van der Waals surface area contributed by atoms with Gasteiger partial charge in [0.1, 0.15) is 22.3 Å². The topological polar surface area (TPSA) is 46.0 Å². The largest absolute Gasteiger partial charge is 0.456 e. The molecule has 17 aromatic carbocycles. The summed E-state index contributed by atoms with van der Waals surface area (Å²) in [6.07, 6.45) is 0.